The number of rotatable bonds is 6. The number of carbonyl (C=O) groups excluding carboxylic acids is 2. The van der Waals surface area contributed by atoms with E-state index in [1.54, 1.807) is 30.3 Å². The first-order valence-corrected chi connectivity index (χ1v) is 9.87. The van der Waals surface area contributed by atoms with E-state index in [2.05, 4.69) is 5.32 Å². The molecular formula is C25H22ClNO3. The van der Waals surface area contributed by atoms with Gasteiger partial charge in [-0.1, -0.05) is 72.3 Å². The van der Waals surface area contributed by atoms with Crippen molar-refractivity contribution in [1.82, 2.24) is 0 Å². The zero-order valence-corrected chi connectivity index (χ0v) is 17.6. The molecule has 0 aliphatic carbocycles. The van der Waals surface area contributed by atoms with Crippen molar-refractivity contribution in [3.05, 3.63) is 100 Å². The highest BCUT2D eigenvalue weighted by molar-refractivity contribution is 6.30. The summed E-state index contributed by atoms with van der Waals surface area (Å²) in [5.74, 6) is -0.978. The largest absolute Gasteiger partial charge is 0.452 e. The molecule has 0 saturated heterocycles. The summed E-state index contributed by atoms with van der Waals surface area (Å²) >= 11 is 5.97. The average molecular weight is 420 g/mol. The number of halogens is 1. The molecule has 0 bridgehead atoms. The number of benzene rings is 3. The van der Waals surface area contributed by atoms with Gasteiger partial charge in [0.1, 0.15) is 0 Å². The molecule has 0 radical (unpaired) electrons. The van der Waals surface area contributed by atoms with Crippen molar-refractivity contribution in [2.75, 3.05) is 11.9 Å². The number of hydrogen-bond acceptors (Lipinski definition) is 3. The minimum atomic E-state index is -0.585. The molecule has 1 amide bonds. The lowest BCUT2D eigenvalue weighted by Gasteiger charge is -2.12. The molecule has 0 fully saturated rings. The Morgan fingerprint density at radius 1 is 0.900 bits per heavy atom. The topological polar surface area (TPSA) is 55.4 Å². The highest BCUT2D eigenvalue weighted by Gasteiger charge is 2.16. The number of esters is 1. The Kier molecular flexibility index (Phi) is 7.04. The second-order valence-electron chi connectivity index (χ2n) is 6.87. The maximum Gasteiger partial charge on any atom is 0.339 e. The van der Waals surface area contributed by atoms with Gasteiger partial charge in [-0.15, -0.1) is 0 Å². The van der Waals surface area contributed by atoms with Crippen molar-refractivity contribution >= 4 is 40.8 Å². The zero-order valence-electron chi connectivity index (χ0n) is 16.8. The van der Waals surface area contributed by atoms with Crippen LogP contribution in [0.25, 0.3) is 11.6 Å². The van der Waals surface area contributed by atoms with Gasteiger partial charge < -0.3 is 10.1 Å². The van der Waals surface area contributed by atoms with Crippen LogP contribution in [0.1, 0.15) is 22.3 Å². The number of hydrogen-bond donors (Lipinski definition) is 1. The van der Waals surface area contributed by atoms with E-state index in [0.717, 1.165) is 22.4 Å². The monoisotopic (exact) mass is 419 g/mol. The minimum Gasteiger partial charge on any atom is -0.452 e. The van der Waals surface area contributed by atoms with E-state index in [-0.39, 0.29) is 6.61 Å². The standard InChI is InChI=1S/C25H22ClNO3/c1-17-7-6-8-18(2)24(17)27-23(28)16-30-25(29)22(15-19-9-4-3-5-10-19)20-11-13-21(26)14-12-20/h3-15H,16H2,1-2H3,(H,27,28)/b22-15+. The highest BCUT2D eigenvalue weighted by atomic mass is 35.5. The SMILES string of the molecule is Cc1cccc(C)c1NC(=O)COC(=O)/C(=C/c1ccccc1)c1ccc(Cl)cc1. The Morgan fingerprint density at radius 3 is 2.17 bits per heavy atom. The second kappa shape index (κ2) is 9.90. The maximum atomic E-state index is 12.8. The molecule has 3 aromatic rings. The van der Waals surface area contributed by atoms with Gasteiger partial charge in [0.25, 0.3) is 5.91 Å². The summed E-state index contributed by atoms with van der Waals surface area (Å²) in [6.07, 6.45) is 1.73. The molecule has 1 N–H and O–H groups in total. The molecule has 30 heavy (non-hydrogen) atoms. The lowest BCUT2D eigenvalue weighted by atomic mass is 10.0. The van der Waals surface area contributed by atoms with Crippen molar-refractivity contribution in [1.29, 1.82) is 0 Å². The molecule has 0 aliphatic heterocycles. The van der Waals surface area contributed by atoms with E-state index in [1.807, 2.05) is 62.4 Å². The van der Waals surface area contributed by atoms with Gasteiger partial charge in [0.15, 0.2) is 6.61 Å². The van der Waals surface area contributed by atoms with Gasteiger partial charge in [-0.05, 0) is 54.3 Å². The summed E-state index contributed by atoms with van der Waals surface area (Å²) < 4.78 is 5.32. The number of para-hydroxylation sites is 1. The molecule has 0 saturated carbocycles. The first-order chi connectivity index (χ1) is 14.4. The molecule has 3 rings (SSSR count). The second-order valence-corrected chi connectivity index (χ2v) is 7.30. The third-order valence-electron chi connectivity index (χ3n) is 4.57. The fourth-order valence-electron chi connectivity index (χ4n) is 3.00. The van der Waals surface area contributed by atoms with Crippen LogP contribution in [-0.4, -0.2) is 18.5 Å². The predicted octanol–water partition coefficient (Wildman–Crippen LogP) is 5.68. The summed E-state index contributed by atoms with van der Waals surface area (Å²) in [7, 11) is 0. The Morgan fingerprint density at radius 2 is 1.53 bits per heavy atom. The number of anilines is 1. The molecule has 0 aromatic heterocycles. The summed E-state index contributed by atoms with van der Waals surface area (Å²) in [4.78, 5) is 25.2. The smallest absolute Gasteiger partial charge is 0.339 e. The molecule has 3 aromatic carbocycles. The third-order valence-corrected chi connectivity index (χ3v) is 4.82. The van der Waals surface area contributed by atoms with Crippen molar-refractivity contribution in [2.24, 2.45) is 0 Å². The summed E-state index contributed by atoms with van der Waals surface area (Å²) in [6, 6.07) is 22.1. The van der Waals surface area contributed by atoms with Gasteiger partial charge in [-0.3, -0.25) is 4.79 Å². The lowest BCUT2D eigenvalue weighted by Crippen LogP contribution is -2.22. The van der Waals surface area contributed by atoms with Gasteiger partial charge in [0.05, 0.1) is 5.57 Å². The first-order valence-electron chi connectivity index (χ1n) is 9.50. The number of amides is 1. The van der Waals surface area contributed by atoms with Gasteiger partial charge in [-0.2, -0.15) is 0 Å². The normalized spacial score (nSPS) is 11.1. The molecular weight excluding hydrogens is 398 g/mol. The zero-order chi connectivity index (χ0) is 21.5. The molecule has 0 heterocycles. The lowest BCUT2D eigenvalue weighted by molar-refractivity contribution is -0.141. The van der Waals surface area contributed by atoms with Crippen molar-refractivity contribution in [3.63, 3.8) is 0 Å². The molecule has 0 spiro atoms. The van der Waals surface area contributed by atoms with Crippen LogP contribution in [0.4, 0.5) is 5.69 Å². The Labute approximate surface area is 181 Å². The Hall–Kier alpha value is -3.37. The molecule has 0 aliphatic rings. The van der Waals surface area contributed by atoms with Crippen LogP contribution in [-0.2, 0) is 14.3 Å². The first kappa shape index (κ1) is 21.3. The molecule has 4 nitrogen and oxygen atoms in total. The fraction of sp³-hybridized carbons (Fsp3) is 0.120. The summed E-state index contributed by atoms with van der Waals surface area (Å²) in [5, 5.41) is 3.39. The van der Waals surface area contributed by atoms with E-state index >= 15 is 0 Å². The molecule has 0 unspecified atom stereocenters. The summed E-state index contributed by atoms with van der Waals surface area (Å²) in [6.45, 7) is 3.44. The number of nitrogens with one attached hydrogen (secondary N) is 1. The quantitative estimate of drug-likeness (QED) is 0.317. The van der Waals surface area contributed by atoms with Crippen LogP contribution in [0.3, 0.4) is 0 Å². The van der Waals surface area contributed by atoms with E-state index in [4.69, 9.17) is 16.3 Å². The minimum absolute atomic E-state index is 0.345. The average Bonchev–Trinajstić information content (AvgIpc) is 2.74. The molecule has 0 atom stereocenters. The van der Waals surface area contributed by atoms with Crippen LogP contribution in [0, 0.1) is 13.8 Å². The fourth-order valence-corrected chi connectivity index (χ4v) is 3.13. The highest BCUT2D eigenvalue weighted by Crippen LogP contribution is 2.23. The number of aryl methyl sites for hydroxylation is 2. The van der Waals surface area contributed by atoms with Gasteiger partial charge in [-0.25, -0.2) is 4.79 Å². The van der Waals surface area contributed by atoms with Crippen LogP contribution in [0.15, 0.2) is 72.8 Å². The number of ether oxygens (including phenoxy) is 1. The number of carbonyl (C=O) groups is 2. The molecule has 152 valence electrons. The van der Waals surface area contributed by atoms with Crippen LogP contribution in [0.5, 0.6) is 0 Å². The Bertz CT molecular complexity index is 1050. The van der Waals surface area contributed by atoms with Crippen LogP contribution < -0.4 is 5.32 Å². The van der Waals surface area contributed by atoms with Gasteiger partial charge >= 0.3 is 5.97 Å². The third kappa shape index (κ3) is 5.58. The van der Waals surface area contributed by atoms with Gasteiger partial charge in [0, 0.05) is 10.7 Å². The van der Waals surface area contributed by atoms with Crippen molar-refractivity contribution < 1.29 is 14.3 Å². The van der Waals surface area contributed by atoms with Crippen molar-refractivity contribution in [2.45, 2.75) is 13.8 Å². The van der Waals surface area contributed by atoms with Crippen molar-refractivity contribution in [3.8, 4) is 0 Å². The van der Waals surface area contributed by atoms with Gasteiger partial charge in [0.2, 0.25) is 0 Å². The van der Waals surface area contributed by atoms with E-state index < -0.39 is 11.9 Å². The molecule has 5 heteroatoms. The maximum absolute atomic E-state index is 12.8. The van der Waals surface area contributed by atoms with Crippen LogP contribution in [0.2, 0.25) is 5.02 Å². The van der Waals surface area contributed by atoms with E-state index in [9.17, 15) is 9.59 Å². The van der Waals surface area contributed by atoms with E-state index in [0.29, 0.717) is 16.2 Å². The van der Waals surface area contributed by atoms with Crippen LogP contribution >= 0.6 is 11.6 Å². The van der Waals surface area contributed by atoms with E-state index in [1.165, 1.54) is 0 Å². The predicted molar refractivity (Wildman–Crippen MR) is 121 cm³/mol. The summed E-state index contributed by atoms with van der Waals surface area (Å²) in [5.41, 5.74) is 4.47. The Balaban J connectivity index is 1.76.